The Labute approximate surface area is 168 Å². The first-order chi connectivity index (χ1) is 14.0. The minimum atomic E-state index is -0.441. The molecule has 0 aliphatic carbocycles. The van der Waals surface area contributed by atoms with Gasteiger partial charge in [-0.2, -0.15) is 20.1 Å². The lowest BCUT2D eigenvalue weighted by Gasteiger charge is -2.11. The molecule has 0 amide bonds. The summed E-state index contributed by atoms with van der Waals surface area (Å²) in [4.78, 5) is 17.2. The molecule has 0 saturated carbocycles. The summed E-state index contributed by atoms with van der Waals surface area (Å²) >= 11 is 1.25. The number of aromatic hydroxyl groups is 1. The summed E-state index contributed by atoms with van der Waals surface area (Å²) in [7, 11) is 1.61. The molecule has 0 aliphatic rings. The molecular weight excluding hydrogens is 392 g/mol. The van der Waals surface area contributed by atoms with Crippen molar-refractivity contribution in [1.29, 1.82) is 5.26 Å². The summed E-state index contributed by atoms with van der Waals surface area (Å²) in [5.74, 6) is -0.163. The van der Waals surface area contributed by atoms with Crippen LogP contribution in [0.3, 0.4) is 0 Å². The Hall–Kier alpha value is -3.91. The van der Waals surface area contributed by atoms with Crippen molar-refractivity contribution in [3.8, 4) is 29.0 Å². The van der Waals surface area contributed by atoms with Crippen molar-refractivity contribution in [2.24, 2.45) is 7.05 Å². The third kappa shape index (κ3) is 2.77. The number of aromatic nitrogens is 6. The molecule has 0 bridgehead atoms. The SMILES string of the molecule is CSc1nn(-c2nncc(-c3c(O)c4ccccc4n(C)c3=O)n2)c(N)c1C#N. The number of nitrogen functional groups attached to an aromatic ring is 1. The summed E-state index contributed by atoms with van der Waals surface area (Å²) < 4.78 is 2.61. The molecule has 144 valence electrons. The van der Waals surface area contributed by atoms with Crippen LogP contribution in [0.2, 0.25) is 0 Å². The van der Waals surface area contributed by atoms with E-state index in [2.05, 4.69) is 20.3 Å². The second kappa shape index (κ2) is 6.92. The molecule has 0 atom stereocenters. The molecule has 0 aliphatic heterocycles. The van der Waals surface area contributed by atoms with Crippen LogP contribution in [0.25, 0.3) is 28.1 Å². The maximum absolute atomic E-state index is 12.9. The monoisotopic (exact) mass is 406 g/mol. The zero-order valence-electron chi connectivity index (χ0n) is 15.4. The summed E-state index contributed by atoms with van der Waals surface area (Å²) in [5, 5.41) is 33.0. The minimum Gasteiger partial charge on any atom is -0.506 e. The van der Waals surface area contributed by atoms with Gasteiger partial charge in [-0.1, -0.05) is 12.1 Å². The van der Waals surface area contributed by atoms with Crippen LogP contribution in [-0.4, -0.2) is 40.9 Å². The number of para-hydroxylation sites is 1. The first kappa shape index (κ1) is 18.5. The Morgan fingerprint density at radius 1 is 1.31 bits per heavy atom. The smallest absolute Gasteiger partial charge is 0.272 e. The zero-order valence-corrected chi connectivity index (χ0v) is 16.2. The van der Waals surface area contributed by atoms with Gasteiger partial charge in [0.25, 0.3) is 11.5 Å². The summed E-state index contributed by atoms with van der Waals surface area (Å²) in [6.07, 6.45) is 3.04. The van der Waals surface area contributed by atoms with Crippen molar-refractivity contribution >= 4 is 28.5 Å². The molecule has 1 aromatic carbocycles. The Morgan fingerprint density at radius 2 is 2.07 bits per heavy atom. The van der Waals surface area contributed by atoms with E-state index in [0.717, 1.165) is 0 Å². The number of thioether (sulfide) groups is 1. The van der Waals surface area contributed by atoms with Gasteiger partial charge < -0.3 is 15.4 Å². The standard InChI is InChI=1S/C18H14N8O2S/c1-25-12-6-4-3-5-9(12)14(27)13(17(25)28)11-8-21-23-18(22-11)26-15(20)10(7-19)16(24-26)29-2/h3-6,8,27H,20H2,1-2H3. The number of fused-ring (bicyclic) bond motifs is 1. The number of hydrogen-bond donors (Lipinski definition) is 2. The van der Waals surface area contributed by atoms with Crippen LogP contribution >= 0.6 is 11.8 Å². The van der Waals surface area contributed by atoms with Crippen molar-refractivity contribution < 1.29 is 5.11 Å². The highest BCUT2D eigenvalue weighted by Crippen LogP contribution is 2.32. The Bertz CT molecular complexity index is 1370. The molecule has 3 N–H and O–H groups in total. The molecule has 11 heteroatoms. The van der Waals surface area contributed by atoms with E-state index in [9.17, 15) is 15.2 Å². The number of anilines is 1. The Morgan fingerprint density at radius 3 is 2.76 bits per heavy atom. The van der Waals surface area contributed by atoms with Gasteiger partial charge >= 0.3 is 0 Å². The molecule has 0 saturated heterocycles. The fourth-order valence-electron chi connectivity index (χ4n) is 3.03. The first-order valence-corrected chi connectivity index (χ1v) is 9.54. The molecule has 4 rings (SSSR count). The van der Waals surface area contributed by atoms with Gasteiger partial charge in [0.05, 0.1) is 11.7 Å². The van der Waals surface area contributed by atoms with E-state index < -0.39 is 5.56 Å². The van der Waals surface area contributed by atoms with Gasteiger partial charge in [0.2, 0.25) is 0 Å². The number of nitriles is 1. The minimum absolute atomic E-state index is 0.0151. The molecule has 4 aromatic rings. The third-order valence-electron chi connectivity index (χ3n) is 4.46. The van der Waals surface area contributed by atoms with Crippen molar-refractivity contribution in [1.82, 2.24) is 29.5 Å². The highest BCUT2D eigenvalue weighted by molar-refractivity contribution is 7.98. The number of hydrogen-bond acceptors (Lipinski definition) is 9. The number of nitrogens with two attached hydrogens (primary N) is 1. The van der Waals surface area contributed by atoms with Gasteiger partial charge in [-0.05, 0) is 18.4 Å². The molecule has 0 unspecified atom stereocenters. The lowest BCUT2D eigenvalue weighted by Crippen LogP contribution is -2.20. The average molecular weight is 406 g/mol. The summed E-state index contributed by atoms with van der Waals surface area (Å²) in [6.45, 7) is 0. The lowest BCUT2D eigenvalue weighted by atomic mass is 10.1. The van der Waals surface area contributed by atoms with Crippen LogP contribution in [0.15, 0.2) is 40.3 Å². The van der Waals surface area contributed by atoms with Gasteiger partial charge in [-0.25, -0.2) is 4.98 Å². The van der Waals surface area contributed by atoms with Gasteiger partial charge in [-0.15, -0.1) is 16.9 Å². The van der Waals surface area contributed by atoms with Crippen molar-refractivity contribution in [3.05, 3.63) is 46.4 Å². The Kier molecular flexibility index (Phi) is 4.40. The van der Waals surface area contributed by atoms with Crippen LogP contribution < -0.4 is 11.3 Å². The third-order valence-corrected chi connectivity index (χ3v) is 5.14. The molecule has 29 heavy (non-hydrogen) atoms. The maximum atomic E-state index is 12.9. The van der Waals surface area contributed by atoms with E-state index in [1.165, 1.54) is 27.2 Å². The highest BCUT2D eigenvalue weighted by Gasteiger charge is 2.21. The molecule has 0 radical (unpaired) electrons. The van der Waals surface area contributed by atoms with Crippen LogP contribution in [0, 0.1) is 11.3 Å². The number of rotatable bonds is 3. The summed E-state index contributed by atoms with van der Waals surface area (Å²) in [5.41, 5.74) is 6.45. The van der Waals surface area contributed by atoms with E-state index >= 15 is 0 Å². The summed E-state index contributed by atoms with van der Waals surface area (Å²) in [6, 6.07) is 8.98. The van der Waals surface area contributed by atoms with Gasteiger partial charge in [0.1, 0.15) is 39.5 Å². The topological polar surface area (TPSA) is 149 Å². The van der Waals surface area contributed by atoms with Crippen LogP contribution in [0.4, 0.5) is 5.82 Å². The van der Waals surface area contributed by atoms with Crippen LogP contribution in [-0.2, 0) is 7.05 Å². The largest absolute Gasteiger partial charge is 0.506 e. The van der Waals surface area contributed by atoms with Crippen molar-refractivity contribution in [3.63, 3.8) is 0 Å². The fourth-order valence-corrected chi connectivity index (χ4v) is 3.54. The fraction of sp³-hybridized carbons (Fsp3) is 0.111. The molecule has 0 fully saturated rings. The normalized spacial score (nSPS) is 10.9. The molecule has 0 spiro atoms. The zero-order chi connectivity index (χ0) is 20.7. The van der Waals surface area contributed by atoms with Crippen LogP contribution in [0.1, 0.15) is 5.56 Å². The van der Waals surface area contributed by atoms with Crippen molar-refractivity contribution in [2.45, 2.75) is 5.03 Å². The lowest BCUT2D eigenvalue weighted by molar-refractivity contribution is 0.481. The average Bonchev–Trinajstić information content (AvgIpc) is 3.08. The molecule has 3 heterocycles. The molecular formula is C18H14N8O2S. The van der Waals surface area contributed by atoms with E-state index in [4.69, 9.17) is 5.73 Å². The van der Waals surface area contributed by atoms with Crippen molar-refractivity contribution in [2.75, 3.05) is 12.0 Å². The van der Waals surface area contributed by atoms with Gasteiger partial charge in [0, 0.05) is 12.4 Å². The highest BCUT2D eigenvalue weighted by atomic mass is 32.2. The van der Waals surface area contributed by atoms with Gasteiger partial charge in [-0.3, -0.25) is 4.79 Å². The second-order valence-corrected chi connectivity index (χ2v) is 6.83. The van der Waals surface area contributed by atoms with E-state index in [0.29, 0.717) is 15.9 Å². The maximum Gasteiger partial charge on any atom is 0.272 e. The van der Waals surface area contributed by atoms with E-state index in [-0.39, 0.29) is 34.3 Å². The number of aryl methyl sites for hydroxylation is 1. The van der Waals surface area contributed by atoms with E-state index in [1.54, 1.807) is 37.6 Å². The quantitative estimate of drug-likeness (QED) is 0.482. The molecule has 3 aromatic heterocycles. The predicted molar refractivity (Wildman–Crippen MR) is 108 cm³/mol. The Balaban J connectivity index is 1.96. The number of benzene rings is 1. The van der Waals surface area contributed by atoms with Gasteiger partial charge in [0.15, 0.2) is 0 Å². The predicted octanol–water partition coefficient (Wildman–Crippen LogP) is 1.46. The van der Waals surface area contributed by atoms with Crippen LogP contribution in [0.5, 0.6) is 5.75 Å². The number of nitrogens with zero attached hydrogens (tertiary/aromatic N) is 7. The molecule has 10 nitrogen and oxygen atoms in total. The van der Waals surface area contributed by atoms with E-state index in [1.807, 2.05) is 6.07 Å². The second-order valence-electron chi connectivity index (χ2n) is 6.04. The number of pyridine rings is 1. The first-order valence-electron chi connectivity index (χ1n) is 8.31.